The molecule has 1 rings (SSSR count). The van der Waals surface area contributed by atoms with Crippen LogP contribution in [0.15, 0.2) is 10.9 Å². The van der Waals surface area contributed by atoms with Crippen molar-refractivity contribution in [3.05, 3.63) is 16.6 Å². The lowest BCUT2D eigenvalue weighted by atomic mass is 10.1. The topological polar surface area (TPSA) is 88.5 Å². The molecule has 1 aromatic heterocycles. The Morgan fingerprint density at radius 3 is 2.65 bits per heavy atom. The second kappa shape index (κ2) is 6.81. The molecule has 0 saturated heterocycles. The van der Waals surface area contributed by atoms with Gasteiger partial charge in [-0.3, -0.25) is 4.79 Å². The molecule has 0 saturated carbocycles. The van der Waals surface area contributed by atoms with Gasteiger partial charge in [0.05, 0.1) is 11.2 Å². The number of aromatic nitrogens is 1. The molecule has 0 aliphatic heterocycles. The molecule has 0 aliphatic rings. The average molecular weight is 300 g/mol. The van der Waals surface area contributed by atoms with Crippen molar-refractivity contribution in [3.8, 4) is 0 Å². The first-order chi connectivity index (χ1) is 9.19. The van der Waals surface area contributed by atoms with Gasteiger partial charge < -0.3 is 15.2 Å². The predicted molar refractivity (Wildman–Crippen MR) is 75.3 cm³/mol. The second-order valence-corrected chi connectivity index (χ2v) is 6.18. The average Bonchev–Trinajstić information content (AvgIpc) is 2.79. The van der Waals surface area contributed by atoms with Crippen molar-refractivity contribution in [2.24, 2.45) is 0 Å². The van der Waals surface area contributed by atoms with Crippen molar-refractivity contribution in [3.63, 3.8) is 0 Å². The first-order valence-electron chi connectivity index (χ1n) is 6.27. The fourth-order valence-electron chi connectivity index (χ4n) is 1.39. The molecule has 0 unspecified atom stereocenters. The molecule has 0 aliphatic carbocycles. The Morgan fingerprint density at radius 2 is 2.15 bits per heavy atom. The lowest BCUT2D eigenvalue weighted by Crippen LogP contribution is -2.46. The van der Waals surface area contributed by atoms with Crippen LogP contribution in [0.5, 0.6) is 0 Å². The van der Waals surface area contributed by atoms with E-state index in [9.17, 15) is 14.7 Å². The highest BCUT2D eigenvalue weighted by Gasteiger charge is 2.25. The molecule has 1 heterocycles. The number of carbonyl (C=O) groups excluding carboxylic acids is 2. The summed E-state index contributed by atoms with van der Waals surface area (Å²) >= 11 is 1.39. The van der Waals surface area contributed by atoms with Crippen LogP contribution in [0, 0.1) is 0 Å². The SMILES string of the molecule is C[C@H](NC(=O)[C@@H](O)Cc1cscn1)C(=O)OC(C)(C)C. The van der Waals surface area contributed by atoms with Gasteiger partial charge in [-0.25, -0.2) is 9.78 Å². The molecule has 7 heteroatoms. The highest BCUT2D eigenvalue weighted by molar-refractivity contribution is 7.07. The Bertz CT molecular complexity index is 453. The maximum absolute atomic E-state index is 11.8. The zero-order valence-electron chi connectivity index (χ0n) is 12.0. The van der Waals surface area contributed by atoms with Crippen LogP contribution in [-0.2, 0) is 20.7 Å². The summed E-state index contributed by atoms with van der Waals surface area (Å²) in [6.45, 7) is 6.76. The standard InChI is InChI=1S/C13H20N2O4S/c1-8(12(18)19-13(2,3)4)15-11(17)10(16)5-9-6-20-7-14-9/h6-8,10,16H,5H2,1-4H3,(H,15,17)/t8-,10-/m0/s1. The summed E-state index contributed by atoms with van der Waals surface area (Å²) in [4.78, 5) is 27.4. The summed E-state index contributed by atoms with van der Waals surface area (Å²) < 4.78 is 5.14. The lowest BCUT2D eigenvalue weighted by molar-refractivity contribution is -0.158. The quantitative estimate of drug-likeness (QED) is 0.789. The van der Waals surface area contributed by atoms with Crippen molar-refractivity contribution in [1.82, 2.24) is 10.3 Å². The van der Waals surface area contributed by atoms with Gasteiger partial charge in [0.1, 0.15) is 17.7 Å². The van der Waals surface area contributed by atoms with E-state index in [1.807, 2.05) is 0 Å². The van der Waals surface area contributed by atoms with Gasteiger partial charge in [0, 0.05) is 11.8 Å². The molecule has 112 valence electrons. The van der Waals surface area contributed by atoms with E-state index < -0.39 is 29.6 Å². The zero-order chi connectivity index (χ0) is 15.3. The highest BCUT2D eigenvalue weighted by Crippen LogP contribution is 2.09. The van der Waals surface area contributed by atoms with Crippen LogP contribution in [-0.4, -0.2) is 39.7 Å². The van der Waals surface area contributed by atoms with E-state index in [2.05, 4.69) is 10.3 Å². The Balaban J connectivity index is 2.46. The largest absolute Gasteiger partial charge is 0.458 e. The highest BCUT2D eigenvalue weighted by atomic mass is 32.1. The Hall–Kier alpha value is -1.47. The van der Waals surface area contributed by atoms with Crippen molar-refractivity contribution < 1.29 is 19.4 Å². The number of aliphatic hydroxyl groups is 1. The van der Waals surface area contributed by atoms with E-state index in [1.54, 1.807) is 31.7 Å². The molecule has 2 N–H and O–H groups in total. The van der Waals surface area contributed by atoms with Crippen molar-refractivity contribution in [2.75, 3.05) is 0 Å². The Morgan fingerprint density at radius 1 is 1.50 bits per heavy atom. The first-order valence-corrected chi connectivity index (χ1v) is 7.21. The molecule has 1 amide bonds. The van der Waals surface area contributed by atoms with Crippen LogP contribution in [0.25, 0.3) is 0 Å². The third kappa shape index (κ3) is 5.66. The smallest absolute Gasteiger partial charge is 0.328 e. The minimum Gasteiger partial charge on any atom is -0.458 e. The molecule has 0 aromatic carbocycles. The maximum Gasteiger partial charge on any atom is 0.328 e. The van der Waals surface area contributed by atoms with E-state index in [1.165, 1.54) is 18.3 Å². The van der Waals surface area contributed by atoms with Crippen molar-refractivity contribution in [1.29, 1.82) is 0 Å². The normalized spacial score (nSPS) is 14.4. The van der Waals surface area contributed by atoms with Gasteiger partial charge >= 0.3 is 5.97 Å². The number of thiazole rings is 1. The summed E-state index contributed by atoms with van der Waals surface area (Å²) in [5.74, 6) is -1.15. The number of hydrogen-bond acceptors (Lipinski definition) is 6. The summed E-state index contributed by atoms with van der Waals surface area (Å²) in [7, 11) is 0. The zero-order valence-corrected chi connectivity index (χ0v) is 12.9. The molecular weight excluding hydrogens is 280 g/mol. The third-order valence-electron chi connectivity index (χ3n) is 2.31. The van der Waals surface area contributed by atoms with E-state index in [4.69, 9.17) is 4.74 Å². The van der Waals surface area contributed by atoms with Crippen LogP contribution in [0.4, 0.5) is 0 Å². The summed E-state index contributed by atoms with van der Waals surface area (Å²) in [6, 6.07) is -0.813. The molecule has 0 spiro atoms. The predicted octanol–water partition coefficient (Wildman–Crippen LogP) is 0.893. The third-order valence-corrected chi connectivity index (χ3v) is 2.94. The molecule has 6 nitrogen and oxygen atoms in total. The van der Waals surface area contributed by atoms with Gasteiger partial charge in [-0.15, -0.1) is 11.3 Å². The number of nitrogens with one attached hydrogen (secondary N) is 1. The van der Waals surface area contributed by atoms with Gasteiger partial charge in [-0.05, 0) is 27.7 Å². The van der Waals surface area contributed by atoms with Crippen molar-refractivity contribution >= 4 is 23.2 Å². The molecule has 0 radical (unpaired) electrons. The van der Waals surface area contributed by atoms with E-state index in [0.29, 0.717) is 5.69 Å². The molecule has 2 atom stereocenters. The minimum absolute atomic E-state index is 0.121. The lowest BCUT2D eigenvalue weighted by Gasteiger charge is -2.23. The van der Waals surface area contributed by atoms with Crippen LogP contribution < -0.4 is 5.32 Å². The summed E-state index contributed by atoms with van der Waals surface area (Å²) in [5.41, 5.74) is 1.65. The summed E-state index contributed by atoms with van der Waals surface area (Å²) in [6.07, 6.45) is -1.11. The Labute approximate surface area is 122 Å². The molecule has 1 aromatic rings. The summed E-state index contributed by atoms with van der Waals surface area (Å²) in [5, 5.41) is 13.9. The second-order valence-electron chi connectivity index (χ2n) is 5.46. The van der Waals surface area contributed by atoms with Crippen LogP contribution in [0.1, 0.15) is 33.4 Å². The fourth-order valence-corrected chi connectivity index (χ4v) is 1.96. The van der Waals surface area contributed by atoms with E-state index in [0.717, 1.165) is 0 Å². The van der Waals surface area contributed by atoms with Gasteiger partial charge in [-0.2, -0.15) is 0 Å². The Kier molecular flexibility index (Phi) is 5.64. The van der Waals surface area contributed by atoms with Crippen molar-refractivity contribution in [2.45, 2.75) is 51.9 Å². The number of amides is 1. The van der Waals surface area contributed by atoms with Gasteiger partial charge in [0.2, 0.25) is 5.91 Å². The van der Waals surface area contributed by atoms with Gasteiger partial charge in [0.15, 0.2) is 0 Å². The molecule has 20 heavy (non-hydrogen) atoms. The van der Waals surface area contributed by atoms with E-state index >= 15 is 0 Å². The maximum atomic E-state index is 11.8. The fraction of sp³-hybridized carbons (Fsp3) is 0.615. The van der Waals surface area contributed by atoms with Gasteiger partial charge in [-0.1, -0.05) is 0 Å². The number of esters is 1. The number of hydrogen-bond donors (Lipinski definition) is 2. The van der Waals surface area contributed by atoms with Gasteiger partial charge in [0.25, 0.3) is 0 Å². The van der Waals surface area contributed by atoms with Crippen LogP contribution >= 0.6 is 11.3 Å². The molecule has 0 fully saturated rings. The molecule has 0 bridgehead atoms. The first kappa shape index (κ1) is 16.6. The number of rotatable bonds is 5. The minimum atomic E-state index is -1.23. The van der Waals surface area contributed by atoms with E-state index in [-0.39, 0.29) is 6.42 Å². The number of carbonyl (C=O) groups is 2. The van der Waals surface area contributed by atoms with Crippen LogP contribution in [0.2, 0.25) is 0 Å². The van der Waals surface area contributed by atoms with Crippen LogP contribution in [0.3, 0.4) is 0 Å². The number of aliphatic hydroxyl groups excluding tert-OH is 1. The molecular formula is C13H20N2O4S. The number of ether oxygens (including phenoxy) is 1. The number of nitrogens with zero attached hydrogens (tertiary/aromatic N) is 1. The monoisotopic (exact) mass is 300 g/mol.